The van der Waals surface area contributed by atoms with E-state index in [9.17, 15) is 4.79 Å². The Morgan fingerprint density at radius 2 is 2.00 bits per heavy atom. The van der Waals surface area contributed by atoms with E-state index in [0.717, 1.165) is 19.3 Å². The largest absolute Gasteiger partial charge is 0.481 e. The highest BCUT2D eigenvalue weighted by molar-refractivity contribution is 5.71. The molecule has 1 aliphatic heterocycles. The van der Waals surface area contributed by atoms with E-state index in [2.05, 4.69) is 4.90 Å². The van der Waals surface area contributed by atoms with Gasteiger partial charge in [0, 0.05) is 19.1 Å². The van der Waals surface area contributed by atoms with E-state index in [-0.39, 0.29) is 18.1 Å². The predicted octanol–water partition coefficient (Wildman–Crippen LogP) is -0.0838. The fourth-order valence-electron chi connectivity index (χ4n) is 2.42. The zero-order chi connectivity index (χ0) is 9.42. The zero-order valence-electron chi connectivity index (χ0n) is 7.52. The third-order valence-corrected chi connectivity index (χ3v) is 3.16. The molecule has 2 rings (SSSR count). The molecular formula is C9H15NO3. The van der Waals surface area contributed by atoms with Crippen LogP contribution in [0, 0.1) is 5.92 Å². The summed E-state index contributed by atoms with van der Waals surface area (Å²) in [5.74, 6) is -0.878. The number of carbonyl (C=O) groups is 1. The van der Waals surface area contributed by atoms with E-state index >= 15 is 0 Å². The number of carboxylic acid groups (broad SMARTS) is 1. The van der Waals surface area contributed by atoms with Gasteiger partial charge in [-0.2, -0.15) is 0 Å². The van der Waals surface area contributed by atoms with Gasteiger partial charge in [-0.1, -0.05) is 6.42 Å². The summed E-state index contributed by atoms with van der Waals surface area (Å²) in [6, 6.07) is 0.181. The van der Waals surface area contributed by atoms with Gasteiger partial charge in [-0.25, -0.2) is 0 Å². The SMILES string of the molecule is O=C(O)C1CCCC1N1CC(O)C1. The van der Waals surface area contributed by atoms with Gasteiger partial charge in [0.25, 0.3) is 0 Å². The van der Waals surface area contributed by atoms with Crippen molar-refractivity contribution < 1.29 is 15.0 Å². The standard InChI is InChI=1S/C9H15NO3/c11-6-4-10(5-6)8-3-1-2-7(8)9(12)13/h6-8,11H,1-5H2,(H,12,13). The normalized spacial score (nSPS) is 36.1. The predicted molar refractivity (Wildman–Crippen MR) is 46.3 cm³/mol. The third-order valence-electron chi connectivity index (χ3n) is 3.16. The van der Waals surface area contributed by atoms with Gasteiger partial charge in [-0.15, -0.1) is 0 Å². The van der Waals surface area contributed by atoms with Crippen molar-refractivity contribution in [3.63, 3.8) is 0 Å². The van der Waals surface area contributed by atoms with Crippen LogP contribution in [0.25, 0.3) is 0 Å². The van der Waals surface area contributed by atoms with Crippen molar-refractivity contribution in [2.75, 3.05) is 13.1 Å². The van der Waals surface area contributed by atoms with E-state index in [0.29, 0.717) is 13.1 Å². The van der Waals surface area contributed by atoms with Crippen LogP contribution in [-0.4, -0.2) is 46.3 Å². The molecule has 0 radical (unpaired) electrons. The lowest BCUT2D eigenvalue weighted by Gasteiger charge is -2.41. The molecule has 2 fully saturated rings. The highest BCUT2D eigenvalue weighted by Gasteiger charge is 2.41. The number of likely N-dealkylation sites (tertiary alicyclic amines) is 1. The molecule has 13 heavy (non-hydrogen) atoms. The van der Waals surface area contributed by atoms with E-state index in [4.69, 9.17) is 10.2 Å². The van der Waals surface area contributed by atoms with Crippen molar-refractivity contribution in [2.45, 2.75) is 31.4 Å². The van der Waals surface area contributed by atoms with E-state index in [1.54, 1.807) is 0 Å². The number of β-amino-alcohol motifs (C(OH)–C–C–N with tert-alkyl or cyclic N) is 1. The summed E-state index contributed by atoms with van der Waals surface area (Å²) in [4.78, 5) is 12.9. The summed E-state index contributed by atoms with van der Waals surface area (Å²) >= 11 is 0. The van der Waals surface area contributed by atoms with Gasteiger partial charge in [-0.05, 0) is 12.8 Å². The molecule has 0 aromatic carbocycles. The van der Waals surface area contributed by atoms with Gasteiger partial charge < -0.3 is 10.2 Å². The summed E-state index contributed by atoms with van der Waals surface area (Å²) in [5.41, 5.74) is 0. The number of rotatable bonds is 2. The van der Waals surface area contributed by atoms with Crippen LogP contribution in [0.5, 0.6) is 0 Å². The summed E-state index contributed by atoms with van der Waals surface area (Å²) in [7, 11) is 0. The van der Waals surface area contributed by atoms with Crippen molar-refractivity contribution in [3.05, 3.63) is 0 Å². The molecule has 0 spiro atoms. The molecule has 1 aliphatic carbocycles. The van der Waals surface area contributed by atoms with Crippen molar-refractivity contribution in [1.29, 1.82) is 0 Å². The van der Waals surface area contributed by atoms with Crippen LogP contribution >= 0.6 is 0 Å². The Morgan fingerprint density at radius 1 is 1.31 bits per heavy atom. The van der Waals surface area contributed by atoms with Gasteiger partial charge in [0.2, 0.25) is 0 Å². The maximum Gasteiger partial charge on any atom is 0.308 e. The number of aliphatic carboxylic acids is 1. The Balaban J connectivity index is 1.94. The van der Waals surface area contributed by atoms with Crippen molar-refractivity contribution in [2.24, 2.45) is 5.92 Å². The van der Waals surface area contributed by atoms with Crippen LogP contribution in [0.2, 0.25) is 0 Å². The molecular weight excluding hydrogens is 170 g/mol. The van der Waals surface area contributed by atoms with Crippen LogP contribution in [0.4, 0.5) is 0 Å². The number of nitrogens with zero attached hydrogens (tertiary/aromatic N) is 1. The lowest BCUT2D eigenvalue weighted by atomic mass is 9.98. The van der Waals surface area contributed by atoms with Crippen LogP contribution in [-0.2, 0) is 4.79 Å². The number of aliphatic hydroxyl groups is 1. The van der Waals surface area contributed by atoms with E-state index in [1.807, 2.05) is 0 Å². The average molecular weight is 185 g/mol. The van der Waals surface area contributed by atoms with Crippen LogP contribution < -0.4 is 0 Å². The molecule has 1 heterocycles. The van der Waals surface area contributed by atoms with Crippen LogP contribution in [0.15, 0.2) is 0 Å². The molecule has 2 aliphatic rings. The van der Waals surface area contributed by atoms with Crippen molar-refractivity contribution in [3.8, 4) is 0 Å². The Kier molecular flexibility index (Phi) is 2.26. The van der Waals surface area contributed by atoms with Gasteiger partial charge >= 0.3 is 5.97 Å². The smallest absolute Gasteiger partial charge is 0.308 e. The molecule has 0 amide bonds. The molecule has 1 saturated heterocycles. The molecule has 0 aromatic heterocycles. The first-order valence-electron chi connectivity index (χ1n) is 4.83. The van der Waals surface area contributed by atoms with Crippen LogP contribution in [0.3, 0.4) is 0 Å². The lowest BCUT2D eigenvalue weighted by molar-refractivity contribution is -0.145. The quantitative estimate of drug-likeness (QED) is 0.631. The number of aliphatic hydroxyl groups excluding tert-OH is 1. The molecule has 0 aromatic rings. The summed E-state index contributed by atoms with van der Waals surface area (Å²) in [6.07, 6.45) is 2.56. The van der Waals surface area contributed by atoms with Crippen molar-refractivity contribution in [1.82, 2.24) is 4.90 Å². The molecule has 2 unspecified atom stereocenters. The maximum absolute atomic E-state index is 10.8. The first kappa shape index (κ1) is 8.97. The first-order chi connectivity index (χ1) is 6.18. The van der Waals surface area contributed by atoms with E-state index in [1.165, 1.54) is 0 Å². The first-order valence-corrected chi connectivity index (χ1v) is 4.83. The van der Waals surface area contributed by atoms with Crippen molar-refractivity contribution >= 4 is 5.97 Å². The van der Waals surface area contributed by atoms with E-state index < -0.39 is 5.97 Å². The average Bonchev–Trinajstić information content (AvgIpc) is 2.45. The highest BCUT2D eigenvalue weighted by Crippen LogP contribution is 2.32. The molecule has 74 valence electrons. The summed E-state index contributed by atoms with van der Waals surface area (Å²) in [6.45, 7) is 1.32. The van der Waals surface area contributed by atoms with Gasteiger partial charge in [0.05, 0.1) is 12.0 Å². The second-order valence-corrected chi connectivity index (χ2v) is 4.05. The van der Waals surface area contributed by atoms with Gasteiger partial charge in [0.15, 0.2) is 0 Å². The minimum atomic E-state index is -0.677. The monoisotopic (exact) mass is 185 g/mol. The lowest BCUT2D eigenvalue weighted by Crippen LogP contribution is -2.57. The topological polar surface area (TPSA) is 60.8 Å². The molecule has 2 atom stereocenters. The fraction of sp³-hybridized carbons (Fsp3) is 0.889. The second-order valence-electron chi connectivity index (χ2n) is 4.05. The number of hydrogen-bond donors (Lipinski definition) is 2. The Hall–Kier alpha value is -0.610. The minimum absolute atomic E-state index is 0.181. The zero-order valence-corrected chi connectivity index (χ0v) is 7.52. The third kappa shape index (κ3) is 1.56. The summed E-state index contributed by atoms with van der Waals surface area (Å²) < 4.78 is 0. The molecule has 0 bridgehead atoms. The fourth-order valence-corrected chi connectivity index (χ4v) is 2.42. The minimum Gasteiger partial charge on any atom is -0.481 e. The molecule has 4 nitrogen and oxygen atoms in total. The summed E-state index contributed by atoms with van der Waals surface area (Å²) in [5, 5.41) is 18.0. The number of hydrogen-bond acceptors (Lipinski definition) is 3. The Labute approximate surface area is 77.2 Å². The Morgan fingerprint density at radius 3 is 2.54 bits per heavy atom. The highest BCUT2D eigenvalue weighted by atomic mass is 16.4. The Bertz CT molecular complexity index is 213. The molecule has 4 heteroatoms. The number of carboxylic acids is 1. The molecule has 1 saturated carbocycles. The van der Waals surface area contributed by atoms with Gasteiger partial charge in [-0.3, -0.25) is 9.69 Å². The van der Waals surface area contributed by atoms with Gasteiger partial charge in [0.1, 0.15) is 0 Å². The second kappa shape index (κ2) is 3.27. The maximum atomic E-state index is 10.8. The van der Waals surface area contributed by atoms with Crippen LogP contribution in [0.1, 0.15) is 19.3 Å². The molecule has 2 N–H and O–H groups in total.